The zero-order valence-corrected chi connectivity index (χ0v) is 10.3. The van der Waals surface area contributed by atoms with Crippen LogP contribution in [0.25, 0.3) is 0 Å². The van der Waals surface area contributed by atoms with E-state index in [-0.39, 0.29) is 12.5 Å². The summed E-state index contributed by atoms with van der Waals surface area (Å²) < 4.78 is 39.0. The van der Waals surface area contributed by atoms with Gasteiger partial charge < -0.3 is 5.11 Å². The molecule has 0 amide bonds. The van der Waals surface area contributed by atoms with E-state index in [4.69, 9.17) is 5.11 Å². The fourth-order valence-corrected chi connectivity index (χ4v) is 2.57. The second-order valence-electron chi connectivity index (χ2n) is 4.90. The minimum Gasteiger partial charge on any atom is -0.477 e. The highest BCUT2D eigenvalue weighted by atomic mass is 19.4. The molecule has 1 fully saturated rings. The minimum atomic E-state index is -4.68. The first-order valence-corrected chi connectivity index (χ1v) is 6.26. The lowest BCUT2D eigenvalue weighted by Crippen LogP contribution is -2.20. The van der Waals surface area contributed by atoms with Crippen LogP contribution in [0.1, 0.15) is 48.2 Å². The molecule has 1 aromatic heterocycles. The first kappa shape index (κ1) is 13.9. The summed E-state index contributed by atoms with van der Waals surface area (Å²) in [4.78, 5) is 11.0. The topological polar surface area (TPSA) is 55.1 Å². The summed E-state index contributed by atoms with van der Waals surface area (Å²) in [6.07, 6.45) is 0.974. The predicted octanol–water partition coefficient (Wildman–Crippen LogP) is 3.18. The Labute approximate surface area is 108 Å². The molecule has 0 radical (unpaired) electrons. The zero-order valence-electron chi connectivity index (χ0n) is 10.3. The SMILES string of the molecule is O=C(O)c1c(C(F)(F)F)cnn1CC1CCCCC1. The highest BCUT2D eigenvalue weighted by molar-refractivity contribution is 5.87. The molecule has 4 nitrogen and oxygen atoms in total. The summed E-state index contributed by atoms with van der Waals surface area (Å²) >= 11 is 0. The van der Waals surface area contributed by atoms with Gasteiger partial charge in [-0.3, -0.25) is 4.68 Å². The van der Waals surface area contributed by atoms with Crippen LogP contribution in [0.2, 0.25) is 0 Å². The highest BCUT2D eigenvalue weighted by Crippen LogP contribution is 2.33. The number of hydrogen-bond acceptors (Lipinski definition) is 2. The third kappa shape index (κ3) is 3.08. The van der Waals surface area contributed by atoms with Gasteiger partial charge in [0.1, 0.15) is 5.56 Å². The number of aromatic carboxylic acids is 1. The van der Waals surface area contributed by atoms with Gasteiger partial charge in [0, 0.05) is 6.54 Å². The van der Waals surface area contributed by atoms with E-state index in [1.165, 1.54) is 0 Å². The molecule has 1 aliphatic rings. The Morgan fingerprint density at radius 2 is 2.00 bits per heavy atom. The number of carboxylic acid groups (broad SMARTS) is 1. The average Bonchev–Trinajstić information content (AvgIpc) is 2.74. The van der Waals surface area contributed by atoms with Gasteiger partial charge >= 0.3 is 12.1 Å². The Morgan fingerprint density at radius 3 is 2.53 bits per heavy atom. The number of halogens is 3. The molecule has 106 valence electrons. The van der Waals surface area contributed by atoms with Crippen molar-refractivity contribution in [1.29, 1.82) is 0 Å². The molecule has 1 N–H and O–H groups in total. The van der Waals surface area contributed by atoms with Crippen LogP contribution in [0.15, 0.2) is 6.20 Å². The Morgan fingerprint density at radius 1 is 1.37 bits per heavy atom. The summed E-state index contributed by atoms with van der Waals surface area (Å²) in [5, 5.41) is 12.6. The number of alkyl halides is 3. The third-order valence-electron chi connectivity index (χ3n) is 3.50. The van der Waals surface area contributed by atoms with Gasteiger partial charge in [0.25, 0.3) is 0 Å². The molecule has 1 heterocycles. The quantitative estimate of drug-likeness (QED) is 0.922. The number of nitrogens with zero attached hydrogens (tertiary/aromatic N) is 2. The Balaban J connectivity index is 2.25. The number of rotatable bonds is 3. The van der Waals surface area contributed by atoms with Crippen molar-refractivity contribution in [1.82, 2.24) is 9.78 Å². The van der Waals surface area contributed by atoms with E-state index in [1.54, 1.807) is 0 Å². The molecule has 0 unspecified atom stereocenters. The molecule has 0 bridgehead atoms. The predicted molar refractivity (Wildman–Crippen MR) is 60.8 cm³/mol. The van der Waals surface area contributed by atoms with E-state index >= 15 is 0 Å². The normalized spacial score (nSPS) is 17.6. The zero-order chi connectivity index (χ0) is 14.0. The number of carbonyl (C=O) groups is 1. The van der Waals surface area contributed by atoms with Crippen LogP contribution >= 0.6 is 0 Å². The van der Waals surface area contributed by atoms with E-state index in [1.807, 2.05) is 0 Å². The van der Waals surface area contributed by atoms with Crippen LogP contribution in [-0.4, -0.2) is 20.9 Å². The van der Waals surface area contributed by atoms with Crippen molar-refractivity contribution in [3.63, 3.8) is 0 Å². The highest BCUT2D eigenvalue weighted by Gasteiger charge is 2.39. The second-order valence-corrected chi connectivity index (χ2v) is 4.90. The molecular weight excluding hydrogens is 261 g/mol. The largest absolute Gasteiger partial charge is 0.477 e. The van der Waals surface area contributed by atoms with Gasteiger partial charge in [-0.2, -0.15) is 18.3 Å². The van der Waals surface area contributed by atoms with Crippen LogP contribution in [-0.2, 0) is 12.7 Å². The summed E-state index contributed by atoms with van der Waals surface area (Å²) in [6.45, 7) is 0.248. The van der Waals surface area contributed by atoms with Crippen molar-refractivity contribution >= 4 is 5.97 Å². The van der Waals surface area contributed by atoms with Gasteiger partial charge in [-0.1, -0.05) is 19.3 Å². The Kier molecular flexibility index (Phi) is 3.82. The average molecular weight is 276 g/mol. The molecule has 0 atom stereocenters. The van der Waals surface area contributed by atoms with Crippen LogP contribution < -0.4 is 0 Å². The molecule has 1 saturated carbocycles. The van der Waals surface area contributed by atoms with Gasteiger partial charge in [-0.25, -0.2) is 4.79 Å². The van der Waals surface area contributed by atoms with E-state index in [0.717, 1.165) is 36.8 Å². The summed E-state index contributed by atoms with van der Waals surface area (Å²) in [6, 6.07) is 0. The molecule has 0 aliphatic heterocycles. The van der Waals surface area contributed by atoms with Crippen LogP contribution in [0.5, 0.6) is 0 Å². The molecule has 2 rings (SSSR count). The molecule has 7 heteroatoms. The third-order valence-corrected chi connectivity index (χ3v) is 3.50. The van der Waals surface area contributed by atoms with Crippen molar-refractivity contribution < 1.29 is 23.1 Å². The van der Waals surface area contributed by atoms with E-state index < -0.39 is 23.4 Å². The number of aromatic nitrogens is 2. The molecule has 0 spiro atoms. The summed E-state index contributed by atoms with van der Waals surface area (Å²) in [7, 11) is 0. The van der Waals surface area contributed by atoms with Crippen LogP contribution in [0, 0.1) is 5.92 Å². The second kappa shape index (κ2) is 5.22. The lowest BCUT2D eigenvalue weighted by Gasteiger charge is -2.22. The first-order chi connectivity index (χ1) is 8.89. The van der Waals surface area contributed by atoms with Gasteiger partial charge in [0.05, 0.1) is 6.20 Å². The maximum Gasteiger partial charge on any atom is 0.420 e. The fourth-order valence-electron chi connectivity index (χ4n) is 2.57. The lowest BCUT2D eigenvalue weighted by atomic mass is 9.89. The molecular formula is C12H15F3N2O2. The standard InChI is InChI=1S/C12H15F3N2O2/c13-12(14,15)9-6-16-17(10(9)11(18)19)7-8-4-2-1-3-5-8/h6,8H,1-5,7H2,(H,18,19). The van der Waals surface area contributed by atoms with Gasteiger partial charge in [0.15, 0.2) is 5.69 Å². The fraction of sp³-hybridized carbons (Fsp3) is 0.667. The Hall–Kier alpha value is -1.53. The van der Waals surface area contributed by atoms with Crippen molar-refractivity contribution in [3.05, 3.63) is 17.5 Å². The number of carboxylic acids is 1. The number of hydrogen-bond donors (Lipinski definition) is 1. The lowest BCUT2D eigenvalue weighted by molar-refractivity contribution is -0.138. The van der Waals surface area contributed by atoms with Crippen LogP contribution in [0.4, 0.5) is 13.2 Å². The van der Waals surface area contributed by atoms with E-state index in [2.05, 4.69) is 5.10 Å². The van der Waals surface area contributed by atoms with Crippen molar-refractivity contribution in [2.24, 2.45) is 5.92 Å². The van der Waals surface area contributed by atoms with E-state index in [9.17, 15) is 18.0 Å². The first-order valence-electron chi connectivity index (χ1n) is 6.26. The van der Waals surface area contributed by atoms with E-state index in [0.29, 0.717) is 6.20 Å². The molecule has 0 aromatic carbocycles. The van der Waals surface area contributed by atoms with Gasteiger partial charge in [-0.15, -0.1) is 0 Å². The monoisotopic (exact) mass is 276 g/mol. The smallest absolute Gasteiger partial charge is 0.420 e. The molecule has 1 aliphatic carbocycles. The van der Waals surface area contributed by atoms with Crippen LogP contribution in [0.3, 0.4) is 0 Å². The molecule has 19 heavy (non-hydrogen) atoms. The van der Waals surface area contributed by atoms with Crippen molar-refractivity contribution in [2.75, 3.05) is 0 Å². The maximum atomic E-state index is 12.7. The minimum absolute atomic E-state index is 0.216. The molecule has 1 aromatic rings. The Bertz CT molecular complexity index is 462. The molecule has 0 saturated heterocycles. The van der Waals surface area contributed by atoms with Gasteiger partial charge in [-0.05, 0) is 18.8 Å². The maximum absolute atomic E-state index is 12.7. The van der Waals surface area contributed by atoms with Crippen molar-refractivity contribution in [3.8, 4) is 0 Å². The summed E-state index contributed by atoms with van der Waals surface area (Å²) in [5.41, 5.74) is -1.92. The van der Waals surface area contributed by atoms with Gasteiger partial charge in [0.2, 0.25) is 0 Å². The summed E-state index contributed by atoms with van der Waals surface area (Å²) in [5.74, 6) is -1.37. The van der Waals surface area contributed by atoms with Crippen molar-refractivity contribution in [2.45, 2.75) is 44.8 Å².